The zero-order valence-corrected chi connectivity index (χ0v) is 32.5. The number of alkyl carbamates (subject to hydrolysis) is 1. The number of carbonyl (C=O) groups excluding carboxylic acids is 4. The molecule has 3 aromatic carbocycles. The molecule has 3 rings (SSSR count). The summed E-state index contributed by atoms with van der Waals surface area (Å²) in [5.41, 5.74) is 2.28. The number of carbonyl (C=O) groups is 4. The highest BCUT2D eigenvalue weighted by atomic mass is 16.6. The Hall–Kier alpha value is -5.42. The standard InChI is InChI=1S/C44H57N3O8/c1-6-30-52-41(49)39(24-17-28-45-42(50)54-33-34-18-11-8-12-19-34)46-37(25-26-40(48)55-44(3,4)5)27-29-47(43(51)53-31-7-2)32-38(35-20-13-9-14-21-35)36-22-15-10-16-23-36/h6-16,18-23,37-39,46H,1-2,17,24-33H2,3-5H3,(H,45,50)/t37?,39-/m1/s1. The molecular formula is C44H57N3O8. The number of hydrogen-bond donors (Lipinski definition) is 2. The van der Waals surface area contributed by atoms with Crippen LogP contribution in [0.15, 0.2) is 116 Å². The van der Waals surface area contributed by atoms with E-state index in [1.165, 1.54) is 12.2 Å². The first-order valence-electron chi connectivity index (χ1n) is 18.8. The third-order valence-corrected chi connectivity index (χ3v) is 8.47. The molecule has 2 atom stereocenters. The lowest BCUT2D eigenvalue weighted by Gasteiger charge is -2.31. The van der Waals surface area contributed by atoms with E-state index in [-0.39, 0.29) is 51.2 Å². The number of amides is 2. The van der Waals surface area contributed by atoms with Crippen LogP contribution in [0.5, 0.6) is 0 Å². The molecule has 2 N–H and O–H groups in total. The van der Waals surface area contributed by atoms with Gasteiger partial charge in [-0.15, -0.1) is 0 Å². The summed E-state index contributed by atoms with van der Waals surface area (Å²) in [5, 5.41) is 6.15. The van der Waals surface area contributed by atoms with E-state index in [0.29, 0.717) is 32.2 Å². The molecule has 11 heteroatoms. The molecule has 1 unspecified atom stereocenters. The first-order chi connectivity index (χ1) is 26.5. The minimum atomic E-state index is -0.784. The normalized spacial score (nSPS) is 12.1. The van der Waals surface area contributed by atoms with Gasteiger partial charge in [-0.3, -0.25) is 9.59 Å². The van der Waals surface area contributed by atoms with Crippen molar-refractivity contribution in [2.24, 2.45) is 0 Å². The number of hydrogen-bond acceptors (Lipinski definition) is 9. The summed E-state index contributed by atoms with van der Waals surface area (Å²) in [4.78, 5) is 53.8. The van der Waals surface area contributed by atoms with Gasteiger partial charge in [0, 0.05) is 38.0 Å². The predicted molar refractivity (Wildman–Crippen MR) is 213 cm³/mol. The maximum atomic E-state index is 13.6. The van der Waals surface area contributed by atoms with E-state index in [4.69, 9.17) is 18.9 Å². The fraction of sp³-hybridized carbons (Fsp3) is 0.409. The minimum absolute atomic E-state index is 0.0208. The van der Waals surface area contributed by atoms with Gasteiger partial charge in [-0.25, -0.2) is 9.59 Å². The zero-order chi connectivity index (χ0) is 39.9. The van der Waals surface area contributed by atoms with Gasteiger partial charge in [-0.2, -0.15) is 0 Å². The molecule has 0 fully saturated rings. The molecule has 2 amide bonds. The van der Waals surface area contributed by atoms with Crippen LogP contribution < -0.4 is 10.6 Å². The molecule has 0 aliphatic rings. The smallest absolute Gasteiger partial charge is 0.410 e. The second-order valence-electron chi connectivity index (χ2n) is 14.1. The maximum absolute atomic E-state index is 13.6. The molecule has 0 aliphatic carbocycles. The monoisotopic (exact) mass is 755 g/mol. The third-order valence-electron chi connectivity index (χ3n) is 8.47. The Kier molecular flexibility index (Phi) is 19.3. The van der Waals surface area contributed by atoms with E-state index in [2.05, 4.69) is 23.8 Å². The van der Waals surface area contributed by atoms with Gasteiger partial charge in [0.05, 0.1) is 0 Å². The number of rotatable bonds is 23. The van der Waals surface area contributed by atoms with Crippen molar-refractivity contribution >= 4 is 24.1 Å². The van der Waals surface area contributed by atoms with Crippen LogP contribution in [-0.4, -0.2) is 79.6 Å². The number of benzene rings is 3. The SMILES string of the molecule is C=CCOC(=O)[C@@H](CCCNC(=O)OCc1ccccc1)NC(CCC(=O)OC(C)(C)C)CCN(CC(c1ccccc1)c1ccccc1)C(=O)OCC=C. The van der Waals surface area contributed by atoms with Crippen LogP contribution in [0, 0.1) is 0 Å². The lowest BCUT2D eigenvalue weighted by Crippen LogP contribution is -2.47. The van der Waals surface area contributed by atoms with Crippen LogP contribution >= 0.6 is 0 Å². The largest absolute Gasteiger partial charge is 0.460 e. The van der Waals surface area contributed by atoms with Gasteiger partial charge in [0.15, 0.2) is 0 Å². The van der Waals surface area contributed by atoms with Gasteiger partial charge < -0.3 is 34.5 Å². The summed E-state index contributed by atoms with van der Waals surface area (Å²) in [6.45, 7) is 13.8. The summed E-state index contributed by atoms with van der Waals surface area (Å²) < 4.78 is 21.9. The van der Waals surface area contributed by atoms with Gasteiger partial charge in [-0.05, 0) is 63.1 Å². The van der Waals surface area contributed by atoms with Crippen molar-refractivity contribution in [2.75, 3.05) is 32.8 Å². The Balaban J connectivity index is 1.79. The van der Waals surface area contributed by atoms with Crippen LogP contribution in [0.1, 0.15) is 75.5 Å². The Morgan fingerprint density at radius 2 is 1.35 bits per heavy atom. The van der Waals surface area contributed by atoms with Gasteiger partial charge in [0.2, 0.25) is 0 Å². The highest BCUT2D eigenvalue weighted by molar-refractivity contribution is 5.76. The molecule has 0 aliphatic heterocycles. The number of nitrogens with zero attached hydrogens (tertiary/aromatic N) is 1. The van der Waals surface area contributed by atoms with E-state index in [0.717, 1.165) is 16.7 Å². The van der Waals surface area contributed by atoms with Crippen LogP contribution in [-0.2, 0) is 35.1 Å². The summed E-state index contributed by atoms with van der Waals surface area (Å²) in [5.74, 6) is -1.02. The molecule has 0 saturated heterocycles. The Bertz CT molecular complexity index is 1570. The molecule has 11 nitrogen and oxygen atoms in total. The van der Waals surface area contributed by atoms with E-state index < -0.39 is 35.8 Å². The molecule has 55 heavy (non-hydrogen) atoms. The van der Waals surface area contributed by atoms with Crippen molar-refractivity contribution in [1.82, 2.24) is 15.5 Å². The molecule has 0 aromatic heterocycles. The average Bonchev–Trinajstić information content (AvgIpc) is 3.18. The molecule has 0 bridgehead atoms. The lowest BCUT2D eigenvalue weighted by molar-refractivity contribution is -0.155. The van der Waals surface area contributed by atoms with Gasteiger partial charge in [0.1, 0.15) is 31.5 Å². The average molecular weight is 756 g/mol. The quantitative estimate of drug-likeness (QED) is 0.0432. The minimum Gasteiger partial charge on any atom is -0.460 e. The van der Waals surface area contributed by atoms with Gasteiger partial charge in [-0.1, -0.05) is 116 Å². The zero-order valence-electron chi connectivity index (χ0n) is 32.5. The Morgan fingerprint density at radius 3 is 1.93 bits per heavy atom. The second kappa shape index (κ2) is 24.1. The van der Waals surface area contributed by atoms with Crippen LogP contribution in [0.2, 0.25) is 0 Å². The molecule has 296 valence electrons. The second-order valence-corrected chi connectivity index (χ2v) is 14.1. The van der Waals surface area contributed by atoms with Crippen molar-refractivity contribution in [3.05, 3.63) is 133 Å². The van der Waals surface area contributed by atoms with Crippen LogP contribution in [0.25, 0.3) is 0 Å². The fourth-order valence-electron chi connectivity index (χ4n) is 5.85. The van der Waals surface area contributed by atoms with Gasteiger partial charge in [0.25, 0.3) is 0 Å². The van der Waals surface area contributed by atoms with Crippen LogP contribution in [0.4, 0.5) is 9.59 Å². The van der Waals surface area contributed by atoms with Crippen molar-refractivity contribution < 1.29 is 38.1 Å². The molecular weight excluding hydrogens is 698 g/mol. The van der Waals surface area contributed by atoms with E-state index in [1.54, 1.807) is 25.7 Å². The lowest BCUT2D eigenvalue weighted by atomic mass is 9.90. The van der Waals surface area contributed by atoms with Crippen LogP contribution in [0.3, 0.4) is 0 Å². The third kappa shape index (κ3) is 17.5. The Labute approximate surface area is 326 Å². The Morgan fingerprint density at radius 1 is 0.764 bits per heavy atom. The predicted octanol–water partition coefficient (Wildman–Crippen LogP) is 7.72. The van der Waals surface area contributed by atoms with E-state index in [1.807, 2.05) is 91.0 Å². The molecule has 0 radical (unpaired) electrons. The van der Waals surface area contributed by atoms with Crippen molar-refractivity contribution in [2.45, 2.75) is 83.1 Å². The van der Waals surface area contributed by atoms with Gasteiger partial charge >= 0.3 is 24.1 Å². The number of ether oxygens (including phenoxy) is 4. The first kappa shape index (κ1) is 44.0. The highest BCUT2D eigenvalue weighted by Gasteiger charge is 2.28. The molecule has 0 saturated carbocycles. The number of nitrogens with one attached hydrogen (secondary N) is 2. The molecule has 0 spiro atoms. The summed E-state index contributed by atoms with van der Waals surface area (Å²) in [6.07, 6.45) is 3.45. The maximum Gasteiger partial charge on any atom is 0.410 e. The molecule has 0 heterocycles. The summed E-state index contributed by atoms with van der Waals surface area (Å²) >= 11 is 0. The molecule has 3 aromatic rings. The summed E-state index contributed by atoms with van der Waals surface area (Å²) in [6, 6.07) is 28.1. The van der Waals surface area contributed by atoms with E-state index >= 15 is 0 Å². The van der Waals surface area contributed by atoms with Crippen molar-refractivity contribution in [1.29, 1.82) is 0 Å². The van der Waals surface area contributed by atoms with Crippen molar-refractivity contribution in [3.8, 4) is 0 Å². The first-order valence-corrected chi connectivity index (χ1v) is 18.8. The summed E-state index contributed by atoms with van der Waals surface area (Å²) in [7, 11) is 0. The van der Waals surface area contributed by atoms with Crippen molar-refractivity contribution in [3.63, 3.8) is 0 Å². The number of esters is 2. The highest BCUT2D eigenvalue weighted by Crippen LogP contribution is 2.26. The van der Waals surface area contributed by atoms with E-state index in [9.17, 15) is 19.2 Å². The fourth-order valence-corrected chi connectivity index (χ4v) is 5.85. The topological polar surface area (TPSA) is 132 Å².